The molecule has 24 heavy (non-hydrogen) atoms. The molecule has 2 aliphatic heterocycles. The van der Waals surface area contributed by atoms with E-state index >= 15 is 0 Å². The zero-order valence-electron chi connectivity index (χ0n) is 13.4. The lowest BCUT2D eigenvalue weighted by molar-refractivity contribution is -0.132. The summed E-state index contributed by atoms with van der Waals surface area (Å²) in [4.78, 5) is 23.1. The molecule has 0 aliphatic carbocycles. The Kier molecular flexibility index (Phi) is 4.04. The minimum Gasteiger partial charge on any atom is -0.288 e. The van der Waals surface area contributed by atoms with Crippen LogP contribution in [0.5, 0.6) is 0 Å². The van der Waals surface area contributed by atoms with Gasteiger partial charge in [-0.05, 0) is 17.5 Å². The standard InChI is InChI=1S/C18H19N5O/c24-18(12-22-8-6-15-10-19-13-20-17(15)11-22)23-9-7-16(21-23)14-4-2-1-3-5-14/h1-5,10,13H,6-9,11-12H2. The molecule has 2 aromatic rings. The average molecular weight is 321 g/mol. The molecule has 3 heterocycles. The molecule has 6 nitrogen and oxygen atoms in total. The highest BCUT2D eigenvalue weighted by Gasteiger charge is 2.25. The van der Waals surface area contributed by atoms with Crippen molar-refractivity contribution in [1.82, 2.24) is 19.9 Å². The molecule has 0 bridgehead atoms. The van der Waals surface area contributed by atoms with Crippen LogP contribution in [-0.2, 0) is 17.8 Å². The molecule has 2 aliphatic rings. The second-order valence-corrected chi connectivity index (χ2v) is 6.13. The summed E-state index contributed by atoms with van der Waals surface area (Å²) in [6.07, 6.45) is 5.15. The van der Waals surface area contributed by atoms with Crippen molar-refractivity contribution < 1.29 is 4.79 Å². The maximum absolute atomic E-state index is 12.5. The number of amides is 1. The van der Waals surface area contributed by atoms with Gasteiger partial charge in [0.25, 0.3) is 5.91 Å². The van der Waals surface area contributed by atoms with Gasteiger partial charge in [-0.25, -0.2) is 15.0 Å². The molecular weight excluding hydrogens is 302 g/mol. The molecule has 0 spiro atoms. The fourth-order valence-corrected chi connectivity index (χ4v) is 3.18. The lowest BCUT2D eigenvalue weighted by atomic mass is 10.1. The van der Waals surface area contributed by atoms with Crippen LogP contribution in [0.1, 0.15) is 23.2 Å². The van der Waals surface area contributed by atoms with Crippen LogP contribution in [0.2, 0.25) is 0 Å². The van der Waals surface area contributed by atoms with E-state index in [4.69, 9.17) is 0 Å². The van der Waals surface area contributed by atoms with Crippen LogP contribution in [0.3, 0.4) is 0 Å². The van der Waals surface area contributed by atoms with Crippen molar-refractivity contribution in [3.05, 3.63) is 59.7 Å². The first-order valence-electron chi connectivity index (χ1n) is 8.23. The molecular formula is C18H19N5O. The maximum atomic E-state index is 12.5. The van der Waals surface area contributed by atoms with Crippen LogP contribution in [0.15, 0.2) is 48.0 Å². The quantitative estimate of drug-likeness (QED) is 0.859. The van der Waals surface area contributed by atoms with E-state index in [-0.39, 0.29) is 5.91 Å². The van der Waals surface area contributed by atoms with Gasteiger partial charge in [0.1, 0.15) is 6.33 Å². The molecule has 0 atom stereocenters. The molecule has 0 saturated carbocycles. The number of hydrogen-bond acceptors (Lipinski definition) is 5. The van der Waals surface area contributed by atoms with Crippen LogP contribution in [0, 0.1) is 0 Å². The highest BCUT2D eigenvalue weighted by atomic mass is 16.2. The smallest absolute Gasteiger partial charge is 0.256 e. The van der Waals surface area contributed by atoms with Gasteiger partial charge >= 0.3 is 0 Å². The van der Waals surface area contributed by atoms with E-state index in [0.29, 0.717) is 19.6 Å². The van der Waals surface area contributed by atoms with E-state index in [9.17, 15) is 4.79 Å². The van der Waals surface area contributed by atoms with E-state index < -0.39 is 0 Å². The minimum atomic E-state index is 0.0541. The number of nitrogens with zero attached hydrogens (tertiary/aromatic N) is 5. The van der Waals surface area contributed by atoms with Crippen molar-refractivity contribution in [1.29, 1.82) is 0 Å². The van der Waals surface area contributed by atoms with Gasteiger partial charge in [0, 0.05) is 25.7 Å². The van der Waals surface area contributed by atoms with E-state index in [1.165, 1.54) is 5.56 Å². The molecule has 0 fully saturated rings. The van der Waals surface area contributed by atoms with Crippen molar-refractivity contribution in [2.45, 2.75) is 19.4 Å². The Morgan fingerprint density at radius 1 is 1.12 bits per heavy atom. The summed E-state index contributed by atoms with van der Waals surface area (Å²) < 4.78 is 0. The van der Waals surface area contributed by atoms with Crippen molar-refractivity contribution in [2.24, 2.45) is 5.10 Å². The van der Waals surface area contributed by atoms with Crippen LogP contribution < -0.4 is 0 Å². The Bertz CT molecular complexity index is 774. The predicted molar refractivity (Wildman–Crippen MR) is 90.3 cm³/mol. The second kappa shape index (κ2) is 6.49. The molecule has 4 rings (SSSR count). The number of carbonyl (C=O) groups excluding carboxylic acids is 1. The van der Waals surface area contributed by atoms with Crippen LogP contribution >= 0.6 is 0 Å². The number of hydrazone groups is 1. The summed E-state index contributed by atoms with van der Waals surface area (Å²) >= 11 is 0. The number of benzene rings is 1. The van der Waals surface area contributed by atoms with Crippen molar-refractivity contribution in [3.8, 4) is 0 Å². The Labute approximate surface area is 140 Å². The summed E-state index contributed by atoms with van der Waals surface area (Å²) in [6.45, 7) is 2.60. The molecule has 0 saturated heterocycles. The SMILES string of the molecule is O=C(CN1CCc2cncnc2C1)N1CCC(c2ccccc2)=N1. The van der Waals surface area contributed by atoms with Crippen LogP contribution in [0.4, 0.5) is 0 Å². The highest BCUT2D eigenvalue weighted by molar-refractivity contribution is 6.02. The molecule has 0 radical (unpaired) electrons. The lowest BCUT2D eigenvalue weighted by Gasteiger charge is -2.27. The Hall–Kier alpha value is -2.60. The Balaban J connectivity index is 1.40. The minimum absolute atomic E-state index is 0.0541. The largest absolute Gasteiger partial charge is 0.288 e. The van der Waals surface area contributed by atoms with Gasteiger partial charge in [0.15, 0.2) is 0 Å². The van der Waals surface area contributed by atoms with Crippen molar-refractivity contribution in [3.63, 3.8) is 0 Å². The summed E-state index contributed by atoms with van der Waals surface area (Å²) in [5, 5.41) is 6.13. The normalized spacial score (nSPS) is 17.5. The molecule has 122 valence electrons. The first-order valence-corrected chi connectivity index (χ1v) is 8.23. The monoisotopic (exact) mass is 321 g/mol. The molecule has 1 amide bonds. The second-order valence-electron chi connectivity index (χ2n) is 6.13. The predicted octanol–water partition coefficient (Wildman–Crippen LogP) is 1.47. The van der Waals surface area contributed by atoms with Gasteiger partial charge in [-0.1, -0.05) is 30.3 Å². The Morgan fingerprint density at radius 3 is 2.88 bits per heavy atom. The highest BCUT2D eigenvalue weighted by Crippen LogP contribution is 2.17. The third-order valence-corrected chi connectivity index (χ3v) is 4.51. The number of hydrogen-bond donors (Lipinski definition) is 0. The summed E-state index contributed by atoms with van der Waals surface area (Å²) in [5.74, 6) is 0.0541. The Morgan fingerprint density at radius 2 is 2.00 bits per heavy atom. The van der Waals surface area contributed by atoms with Crippen LogP contribution in [-0.4, -0.2) is 51.1 Å². The van der Waals surface area contributed by atoms with Crippen molar-refractivity contribution >= 4 is 11.6 Å². The van der Waals surface area contributed by atoms with E-state index in [0.717, 1.165) is 36.4 Å². The summed E-state index contributed by atoms with van der Waals surface area (Å²) in [5.41, 5.74) is 4.29. The first-order chi connectivity index (χ1) is 11.8. The molecule has 0 unspecified atom stereocenters. The van der Waals surface area contributed by atoms with Crippen molar-refractivity contribution in [2.75, 3.05) is 19.6 Å². The zero-order chi connectivity index (χ0) is 16.4. The van der Waals surface area contributed by atoms with E-state index in [1.807, 2.05) is 36.5 Å². The van der Waals surface area contributed by atoms with Gasteiger partial charge in [-0.15, -0.1) is 0 Å². The molecule has 1 aromatic heterocycles. The van der Waals surface area contributed by atoms with E-state index in [2.05, 4.69) is 20.0 Å². The first kappa shape index (κ1) is 15.0. The zero-order valence-corrected chi connectivity index (χ0v) is 13.4. The molecule has 0 N–H and O–H groups in total. The third-order valence-electron chi connectivity index (χ3n) is 4.51. The van der Waals surface area contributed by atoms with Crippen LogP contribution in [0.25, 0.3) is 0 Å². The molecule has 6 heteroatoms. The van der Waals surface area contributed by atoms with Gasteiger partial charge in [0.05, 0.1) is 24.5 Å². The topological polar surface area (TPSA) is 61.7 Å². The summed E-state index contributed by atoms with van der Waals surface area (Å²) in [7, 11) is 0. The maximum Gasteiger partial charge on any atom is 0.256 e. The number of carbonyl (C=O) groups is 1. The number of fused-ring (bicyclic) bond motifs is 1. The van der Waals surface area contributed by atoms with E-state index in [1.54, 1.807) is 11.3 Å². The van der Waals surface area contributed by atoms with Gasteiger partial charge in [-0.3, -0.25) is 9.69 Å². The number of aromatic nitrogens is 2. The third kappa shape index (κ3) is 3.05. The fourth-order valence-electron chi connectivity index (χ4n) is 3.18. The fraction of sp³-hybridized carbons (Fsp3) is 0.333. The average Bonchev–Trinajstić information content (AvgIpc) is 3.13. The number of rotatable bonds is 3. The van der Waals surface area contributed by atoms with Gasteiger partial charge < -0.3 is 0 Å². The molecule has 1 aromatic carbocycles. The lowest BCUT2D eigenvalue weighted by Crippen LogP contribution is -2.40. The van der Waals surface area contributed by atoms with Gasteiger partial charge in [-0.2, -0.15) is 5.10 Å². The van der Waals surface area contributed by atoms with Gasteiger partial charge in [0.2, 0.25) is 0 Å². The summed E-state index contributed by atoms with van der Waals surface area (Å²) in [6, 6.07) is 10.0.